The summed E-state index contributed by atoms with van der Waals surface area (Å²) in [6, 6.07) is 26.2. The van der Waals surface area contributed by atoms with E-state index in [1.165, 1.54) is 11.1 Å². The van der Waals surface area contributed by atoms with Crippen molar-refractivity contribution in [3.63, 3.8) is 0 Å². The fourth-order valence-electron chi connectivity index (χ4n) is 3.40. The summed E-state index contributed by atoms with van der Waals surface area (Å²) in [6.45, 7) is 3.70. The number of phenolic OH excluding ortho intramolecular Hbond substituents is 1. The van der Waals surface area contributed by atoms with Crippen molar-refractivity contribution in [2.45, 2.75) is 13.3 Å². The van der Waals surface area contributed by atoms with E-state index in [0.29, 0.717) is 6.61 Å². The normalized spacial score (nSPS) is 12.0. The highest BCUT2D eigenvalue weighted by Crippen LogP contribution is 2.35. The van der Waals surface area contributed by atoms with Gasteiger partial charge in [0.1, 0.15) is 18.1 Å². The van der Waals surface area contributed by atoms with Gasteiger partial charge in [-0.3, -0.25) is 0 Å². The molecule has 0 unspecified atom stereocenters. The average Bonchev–Trinajstić information content (AvgIpc) is 2.73. The molecule has 0 aliphatic rings. The molecule has 150 valence electrons. The lowest BCUT2D eigenvalue weighted by Gasteiger charge is -2.17. The molecule has 0 aromatic heterocycles. The molecule has 0 radical (unpaired) electrons. The molecule has 3 heteroatoms. The van der Waals surface area contributed by atoms with Gasteiger partial charge >= 0.3 is 0 Å². The monoisotopic (exact) mass is 387 g/mol. The minimum Gasteiger partial charge on any atom is -0.508 e. The van der Waals surface area contributed by atoms with Gasteiger partial charge in [-0.25, -0.2) is 0 Å². The molecule has 0 spiro atoms. The quantitative estimate of drug-likeness (QED) is 0.503. The molecule has 0 saturated heterocycles. The summed E-state index contributed by atoms with van der Waals surface area (Å²) >= 11 is 0. The van der Waals surface area contributed by atoms with Crippen LogP contribution in [-0.4, -0.2) is 37.3 Å². The number of benzene rings is 3. The smallest absolute Gasteiger partial charge is 0.119 e. The highest BCUT2D eigenvalue weighted by molar-refractivity contribution is 5.98. The van der Waals surface area contributed by atoms with Crippen LogP contribution in [0, 0.1) is 0 Å². The molecule has 0 fully saturated rings. The first-order chi connectivity index (χ1) is 14.1. The Morgan fingerprint density at radius 1 is 0.828 bits per heavy atom. The second-order valence-corrected chi connectivity index (χ2v) is 7.30. The molecule has 0 aliphatic carbocycles. The van der Waals surface area contributed by atoms with Gasteiger partial charge < -0.3 is 14.7 Å². The molecule has 0 aliphatic heterocycles. The molecule has 3 aromatic rings. The van der Waals surface area contributed by atoms with E-state index in [2.05, 4.69) is 54.3 Å². The molecule has 3 aromatic carbocycles. The number of likely N-dealkylation sites (N-methyl/N-ethyl adjacent to an activating group) is 1. The van der Waals surface area contributed by atoms with Crippen LogP contribution in [0.15, 0.2) is 78.9 Å². The molecular weight excluding hydrogens is 358 g/mol. The SMILES string of the molecule is CC/C(=C(/c1ccccc1)c1ccc(OCCN(C)C)cc1)c1cccc(O)c1. The third kappa shape index (κ3) is 5.49. The standard InChI is InChI=1S/C26H29NO2/c1-4-25(22-11-8-12-23(28)19-22)26(20-9-6-5-7-10-20)21-13-15-24(16-14-21)29-18-17-27(2)3/h5-16,19,28H,4,17-18H2,1-3H3/b26-25+. The first kappa shape index (κ1) is 20.7. The maximum Gasteiger partial charge on any atom is 0.119 e. The van der Waals surface area contributed by atoms with Crippen LogP contribution in [0.1, 0.15) is 30.0 Å². The number of hydrogen-bond donors (Lipinski definition) is 1. The number of rotatable bonds is 8. The molecule has 0 heterocycles. The molecule has 3 rings (SSSR count). The van der Waals surface area contributed by atoms with Crippen molar-refractivity contribution in [1.29, 1.82) is 0 Å². The maximum atomic E-state index is 10.00. The van der Waals surface area contributed by atoms with E-state index in [-0.39, 0.29) is 5.75 Å². The van der Waals surface area contributed by atoms with Gasteiger partial charge in [0.25, 0.3) is 0 Å². The predicted octanol–water partition coefficient (Wildman–Crippen LogP) is 5.70. The lowest BCUT2D eigenvalue weighted by molar-refractivity contribution is 0.261. The summed E-state index contributed by atoms with van der Waals surface area (Å²) in [6.07, 6.45) is 0.856. The first-order valence-electron chi connectivity index (χ1n) is 10.0. The number of hydrogen-bond acceptors (Lipinski definition) is 3. The fourth-order valence-corrected chi connectivity index (χ4v) is 3.40. The maximum absolute atomic E-state index is 10.00. The van der Waals surface area contributed by atoms with Crippen LogP contribution in [0.25, 0.3) is 11.1 Å². The Labute approximate surface area is 173 Å². The second kappa shape index (κ2) is 9.94. The van der Waals surface area contributed by atoms with E-state index in [9.17, 15) is 5.11 Å². The minimum absolute atomic E-state index is 0.283. The Bertz CT molecular complexity index is 944. The van der Waals surface area contributed by atoms with Gasteiger partial charge in [0.05, 0.1) is 0 Å². The van der Waals surface area contributed by atoms with Gasteiger partial charge in [0, 0.05) is 6.54 Å². The number of allylic oxidation sites excluding steroid dienone is 1. The highest BCUT2D eigenvalue weighted by Gasteiger charge is 2.13. The molecule has 29 heavy (non-hydrogen) atoms. The summed E-state index contributed by atoms with van der Waals surface area (Å²) in [7, 11) is 4.08. The van der Waals surface area contributed by atoms with Crippen LogP contribution in [0.5, 0.6) is 11.5 Å². The van der Waals surface area contributed by atoms with Gasteiger partial charge in [0.15, 0.2) is 0 Å². The van der Waals surface area contributed by atoms with Gasteiger partial charge in [-0.2, -0.15) is 0 Å². The van der Waals surface area contributed by atoms with Crippen LogP contribution in [-0.2, 0) is 0 Å². The Kier molecular flexibility index (Phi) is 7.09. The summed E-state index contributed by atoms with van der Waals surface area (Å²) in [5.41, 5.74) is 5.72. The van der Waals surface area contributed by atoms with Gasteiger partial charge in [-0.1, -0.05) is 61.5 Å². The molecule has 0 atom stereocenters. The number of nitrogens with zero attached hydrogens (tertiary/aromatic N) is 1. The van der Waals surface area contributed by atoms with E-state index in [4.69, 9.17) is 4.74 Å². The van der Waals surface area contributed by atoms with Gasteiger partial charge in [-0.05, 0) is 72.6 Å². The molecular formula is C26H29NO2. The van der Waals surface area contributed by atoms with Crippen molar-refractivity contribution in [3.05, 3.63) is 95.6 Å². The fraction of sp³-hybridized carbons (Fsp3) is 0.231. The zero-order chi connectivity index (χ0) is 20.6. The largest absolute Gasteiger partial charge is 0.508 e. The number of aromatic hydroxyl groups is 1. The van der Waals surface area contributed by atoms with Crippen molar-refractivity contribution in [2.75, 3.05) is 27.2 Å². The molecule has 1 N–H and O–H groups in total. The Morgan fingerprint density at radius 3 is 2.10 bits per heavy atom. The number of ether oxygens (including phenoxy) is 1. The van der Waals surface area contributed by atoms with E-state index in [1.807, 2.05) is 44.4 Å². The molecule has 0 amide bonds. The molecule has 0 bridgehead atoms. The van der Waals surface area contributed by atoms with Crippen LogP contribution >= 0.6 is 0 Å². The molecule has 0 saturated carbocycles. The summed E-state index contributed by atoms with van der Waals surface area (Å²) in [5.74, 6) is 1.16. The second-order valence-electron chi connectivity index (χ2n) is 7.30. The lowest BCUT2D eigenvalue weighted by atomic mass is 9.88. The minimum atomic E-state index is 0.283. The van der Waals surface area contributed by atoms with Crippen molar-refractivity contribution < 1.29 is 9.84 Å². The van der Waals surface area contributed by atoms with E-state index in [0.717, 1.165) is 35.4 Å². The van der Waals surface area contributed by atoms with Crippen LogP contribution in [0.2, 0.25) is 0 Å². The van der Waals surface area contributed by atoms with Crippen molar-refractivity contribution in [1.82, 2.24) is 4.90 Å². The third-order valence-corrected chi connectivity index (χ3v) is 4.86. The van der Waals surface area contributed by atoms with Crippen LogP contribution in [0.4, 0.5) is 0 Å². The molecule has 3 nitrogen and oxygen atoms in total. The Balaban J connectivity index is 2.03. The zero-order valence-electron chi connectivity index (χ0n) is 17.4. The van der Waals surface area contributed by atoms with E-state index in [1.54, 1.807) is 6.07 Å². The predicted molar refractivity (Wildman–Crippen MR) is 121 cm³/mol. The third-order valence-electron chi connectivity index (χ3n) is 4.86. The van der Waals surface area contributed by atoms with Gasteiger partial charge in [-0.15, -0.1) is 0 Å². The summed E-state index contributed by atoms with van der Waals surface area (Å²) in [4.78, 5) is 2.10. The Morgan fingerprint density at radius 2 is 1.48 bits per heavy atom. The van der Waals surface area contributed by atoms with Crippen molar-refractivity contribution >= 4 is 11.1 Å². The lowest BCUT2D eigenvalue weighted by Crippen LogP contribution is -2.19. The average molecular weight is 388 g/mol. The zero-order valence-corrected chi connectivity index (χ0v) is 17.4. The van der Waals surface area contributed by atoms with Crippen LogP contribution in [0.3, 0.4) is 0 Å². The highest BCUT2D eigenvalue weighted by atomic mass is 16.5. The van der Waals surface area contributed by atoms with Crippen molar-refractivity contribution in [3.8, 4) is 11.5 Å². The van der Waals surface area contributed by atoms with E-state index < -0.39 is 0 Å². The number of phenols is 1. The van der Waals surface area contributed by atoms with Crippen LogP contribution < -0.4 is 4.74 Å². The Hall–Kier alpha value is -3.04. The van der Waals surface area contributed by atoms with Gasteiger partial charge in [0.2, 0.25) is 0 Å². The summed E-state index contributed by atoms with van der Waals surface area (Å²) < 4.78 is 5.85. The first-order valence-corrected chi connectivity index (χ1v) is 10.0. The topological polar surface area (TPSA) is 32.7 Å². The summed E-state index contributed by atoms with van der Waals surface area (Å²) in [5, 5.41) is 10.00. The van der Waals surface area contributed by atoms with Crippen molar-refractivity contribution in [2.24, 2.45) is 0 Å². The van der Waals surface area contributed by atoms with E-state index >= 15 is 0 Å².